The van der Waals surface area contributed by atoms with E-state index >= 15 is 0 Å². The quantitative estimate of drug-likeness (QED) is 0.662. The van der Waals surface area contributed by atoms with Crippen molar-refractivity contribution in [3.63, 3.8) is 0 Å². The standard InChI is InChI=1S/C19H24N2O5S/c1-3-26-19(23)15-6-8-16(9-7-15)21(13-17(22)12-20)27(24,25)18-10-4-14(2)5-11-18/h4-11,17,22H,3,12-13,20H2,1-2H3/t17-/m1/s1. The molecule has 2 aromatic carbocycles. The Morgan fingerprint density at radius 3 is 2.26 bits per heavy atom. The van der Waals surface area contributed by atoms with Crippen LogP contribution < -0.4 is 10.0 Å². The molecule has 0 amide bonds. The third-order valence-corrected chi connectivity index (χ3v) is 5.73. The summed E-state index contributed by atoms with van der Waals surface area (Å²) < 4.78 is 32.2. The molecule has 8 heteroatoms. The highest BCUT2D eigenvalue weighted by molar-refractivity contribution is 7.92. The lowest BCUT2D eigenvalue weighted by Gasteiger charge is -2.26. The number of ether oxygens (including phenoxy) is 1. The Morgan fingerprint density at radius 2 is 1.74 bits per heavy atom. The lowest BCUT2D eigenvalue weighted by atomic mass is 10.2. The van der Waals surface area contributed by atoms with E-state index in [1.807, 2.05) is 6.92 Å². The number of nitrogens with zero attached hydrogens (tertiary/aromatic N) is 1. The highest BCUT2D eigenvalue weighted by Gasteiger charge is 2.27. The molecule has 146 valence electrons. The van der Waals surface area contributed by atoms with Crippen molar-refractivity contribution < 1.29 is 23.1 Å². The SMILES string of the molecule is CCOC(=O)c1ccc(N(C[C@H](O)CN)S(=O)(=O)c2ccc(C)cc2)cc1. The molecule has 0 bridgehead atoms. The van der Waals surface area contributed by atoms with Crippen LogP contribution in [0.4, 0.5) is 5.69 Å². The molecule has 0 heterocycles. The molecule has 0 unspecified atom stereocenters. The van der Waals surface area contributed by atoms with Crippen LogP contribution in [0.15, 0.2) is 53.4 Å². The fourth-order valence-electron chi connectivity index (χ4n) is 2.42. The number of rotatable bonds is 8. The molecule has 2 aromatic rings. The molecule has 0 fully saturated rings. The molecule has 0 spiro atoms. The van der Waals surface area contributed by atoms with E-state index in [0.29, 0.717) is 11.3 Å². The van der Waals surface area contributed by atoms with E-state index in [0.717, 1.165) is 9.87 Å². The number of esters is 1. The molecule has 3 N–H and O–H groups in total. The molecule has 0 saturated heterocycles. The number of hydrogen-bond acceptors (Lipinski definition) is 6. The lowest BCUT2D eigenvalue weighted by Crippen LogP contribution is -2.40. The van der Waals surface area contributed by atoms with Crippen LogP contribution in [0, 0.1) is 6.92 Å². The second-order valence-corrected chi connectivity index (χ2v) is 7.87. The number of sulfonamides is 1. The maximum atomic E-state index is 13.1. The number of carbonyl (C=O) groups excluding carboxylic acids is 1. The van der Waals surface area contributed by atoms with Crippen molar-refractivity contribution in [2.45, 2.75) is 24.8 Å². The number of aryl methyl sites for hydroxylation is 1. The molecular weight excluding hydrogens is 368 g/mol. The summed E-state index contributed by atoms with van der Waals surface area (Å²) >= 11 is 0. The fraction of sp³-hybridized carbons (Fsp3) is 0.316. The van der Waals surface area contributed by atoms with E-state index in [1.165, 1.54) is 36.4 Å². The second-order valence-electron chi connectivity index (χ2n) is 6.01. The maximum absolute atomic E-state index is 13.1. The van der Waals surface area contributed by atoms with Gasteiger partial charge in [-0.2, -0.15) is 0 Å². The van der Waals surface area contributed by atoms with Crippen LogP contribution in [0.3, 0.4) is 0 Å². The Balaban J connectivity index is 2.42. The highest BCUT2D eigenvalue weighted by atomic mass is 32.2. The molecule has 0 aliphatic heterocycles. The average Bonchev–Trinajstić information content (AvgIpc) is 2.66. The highest BCUT2D eigenvalue weighted by Crippen LogP contribution is 2.25. The molecule has 0 radical (unpaired) electrons. The number of aliphatic hydroxyl groups is 1. The number of benzene rings is 2. The fourth-order valence-corrected chi connectivity index (χ4v) is 3.93. The summed E-state index contributed by atoms with van der Waals surface area (Å²) in [5.41, 5.74) is 7.02. The van der Waals surface area contributed by atoms with Gasteiger partial charge in [0.25, 0.3) is 10.0 Å². The molecular formula is C19H24N2O5S. The van der Waals surface area contributed by atoms with Crippen LogP contribution in [-0.4, -0.2) is 45.3 Å². The summed E-state index contributed by atoms with van der Waals surface area (Å²) in [6, 6.07) is 12.4. The largest absolute Gasteiger partial charge is 0.462 e. The van der Waals surface area contributed by atoms with Crippen LogP contribution in [-0.2, 0) is 14.8 Å². The first kappa shape index (κ1) is 20.9. The van der Waals surface area contributed by atoms with Crippen molar-refractivity contribution in [3.8, 4) is 0 Å². The Labute approximate surface area is 159 Å². The zero-order chi connectivity index (χ0) is 20.0. The van der Waals surface area contributed by atoms with Gasteiger partial charge in [-0.3, -0.25) is 4.31 Å². The van der Waals surface area contributed by atoms with Crippen molar-refractivity contribution in [3.05, 3.63) is 59.7 Å². The van der Waals surface area contributed by atoms with E-state index in [9.17, 15) is 18.3 Å². The van der Waals surface area contributed by atoms with Gasteiger partial charge in [-0.15, -0.1) is 0 Å². The van der Waals surface area contributed by atoms with Crippen molar-refractivity contribution >= 4 is 21.7 Å². The average molecular weight is 392 g/mol. The minimum absolute atomic E-state index is 0.0825. The van der Waals surface area contributed by atoms with E-state index < -0.39 is 22.1 Å². The summed E-state index contributed by atoms with van der Waals surface area (Å²) in [5.74, 6) is -0.487. The molecule has 7 nitrogen and oxygen atoms in total. The van der Waals surface area contributed by atoms with Gasteiger partial charge in [0, 0.05) is 6.54 Å². The lowest BCUT2D eigenvalue weighted by molar-refractivity contribution is 0.0526. The Bertz CT molecular complexity index is 864. The first-order valence-electron chi connectivity index (χ1n) is 8.54. The normalized spacial score (nSPS) is 12.4. The van der Waals surface area contributed by atoms with Crippen molar-refractivity contribution in [1.29, 1.82) is 0 Å². The summed E-state index contributed by atoms with van der Waals surface area (Å²) in [4.78, 5) is 11.9. The van der Waals surface area contributed by atoms with E-state index in [1.54, 1.807) is 19.1 Å². The monoisotopic (exact) mass is 392 g/mol. The number of carbonyl (C=O) groups is 1. The van der Waals surface area contributed by atoms with Crippen LogP contribution >= 0.6 is 0 Å². The Kier molecular flexibility index (Phi) is 6.95. The minimum atomic E-state index is -3.92. The van der Waals surface area contributed by atoms with Gasteiger partial charge >= 0.3 is 5.97 Å². The Hall–Kier alpha value is -2.42. The molecule has 1 atom stereocenters. The minimum Gasteiger partial charge on any atom is -0.462 e. The predicted molar refractivity (Wildman–Crippen MR) is 103 cm³/mol. The second kappa shape index (κ2) is 8.98. The van der Waals surface area contributed by atoms with Gasteiger partial charge in [-0.05, 0) is 50.2 Å². The summed E-state index contributed by atoms with van der Waals surface area (Å²) in [6.07, 6.45) is -1.03. The number of anilines is 1. The first-order chi connectivity index (χ1) is 12.8. The van der Waals surface area contributed by atoms with Gasteiger partial charge in [0.05, 0.1) is 35.4 Å². The number of hydrogen-bond donors (Lipinski definition) is 2. The molecule has 27 heavy (non-hydrogen) atoms. The van der Waals surface area contributed by atoms with Gasteiger partial charge in [0.15, 0.2) is 0 Å². The predicted octanol–water partition coefficient (Wildman–Crippen LogP) is 1.69. The van der Waals surface area contributed by atoms with Gasteiger partial charge < -0.3 is 15.6 Å². The van der Waals surface area contributed by atoms with Crippen LogP contribution in [0.2, 0.25) is 0 Å². The van der Waals surface area contributed by atoms with Crippen LogP contribution in [0.1, 0.15) is 22.8 Å². The van der Waals surface area contributed by atoms with Crippen molar-refractivity contribution in [2.24, 2.45) is 5.73 Å². The van der Waals surface area contributed by atoms with Gasteiger partial charge in [-0.25, -0.2) is 13.2 Å². The molecule has 0 aliphatic carbocycles. The summed E-state index contributed by atoms with van der Waals surface area (Å²) in [7, 11) is -3.92. The smallest absolute Gasteiger partial charge is 0.338 e. The van der Waals surface area contributed by atoms with Gasteiger partial charge in [-0.1, -0.05) is 17.7 Å². The molecule has 0 aromatic heterocycles. The number of aliphatic hydroxyl groups excluding tert-OH is 1. The van der Waals surface area contributed by atoms with E-state index in [4.69, 9.17) is 10.5 Å². The van der Waals surface area contributed by atoms with Gasteiger partial charge in [0.1, 0.15) is 0 Å². The number of nitrogens with two attached hydrogens (primary N) is 1. The van der Waals surface area contributed by atoms with Crippen molar-refractivity contribution in [2.75, 3.05) is 24.0 Å². The summed E-state index contributed by atoms with van der Waals surface area (Å²) in [6.45, 7) is 3.53. The zero-order valence-corrected chi connectivity index (χ0v) is 16.1. The third kappa shape index (κ3) is 5.06. The topological polar surface area (TPSA) is 110 Å². The summed E-state index contributed by atoms with van der Waals surface area (Å²) in [5, 5.41) is 9.95. The molecule has 0 aliphatic rings. The van der Waals surface area contributed by atoms with E-state index in [-0.39, 0.29) is 24.6 Å². The Morgan fingerprint density at radius 1 is 1.15 bits per heavy atom. The van der Waals surface area contributed by atoms with Crippen LogP contribution in [0.25, 0.3) is 0 Å². The van der Waals surface area contributed by atoms with E-state index in [2.05, 4.69) is 0 Å². The third-order valence-electron chi connectivity index (χ3n) is 3.92. The van der Waals surface area contributed by atoms with Gasteiger partial charge in [0.2, 0.25) is 0 Å². The van der Waals surface area contributed by atoms with Crippen LogP contribution in [0.5, 0.6) is 0 Å². The molecule has 2 rings (SSSR count). The first-order valence-corrected chi connectivity index (χ1v) is 9.98. The van der Waals surface area contributed by atoms with Crippen molar-refractivity contribution in [1.82, 2.24) is 0 Å². The molecule has 0 saturated carbocycles. The maximum Gasteiger partial charge on any atom is 0.338 e. The zero-order valence-electron chi connectivity index (χ0n) is 15.3.